The van der Waals surface area contributed by atoms with Crippen LogP contribution in [0.3, 0.4) is 0 Å². The summed E-state index contributed by atoms with van der Waals surface area (Å²) in [5.74, 6) is 0.872. The molecule has 1 heterocycles. The Kier molecular flexibility index (Phi) is 4.13. The Bertz CT molecular complexity index is 582. The maximum Gasteiger partial charge on any atom is 0.336 e. The van der Waals surface area contributed by atoms with Gasteiger partial charge in [0.2, 0.25) is 0 Å². The van der Waals surface area contributed by atoms with Crippen molar-refractivity contribution in [2.75, 3.05) is 0 Å². The quantitative estimate of drug-likeness (QED) is 0.480. The minimum atomic E-state index is -0.408. The van der Waals surface area contributed by atoms with E-state index in [9.17, 15) is 4.79 Å². The molecule has 1 aromatic heterocycles. The summed E-state index contributed by atoms with van der Waals surface area (Å²) in [7, 11) is 0. The Balaban J connectivity index is 1.99. The number of ether oxygens (including phenoxy) is 1. The van der Waals surface area contributed by atoms with Crippen LogP contribution in [0.4, 0.5) is 0 Å². The smallest absolute Gasteiger partial charge is 0.336 e. The van der Waals surface area contributed by atoms with Gasteiger partial charge in [-0.3, -0.25) is 0 Å². The second-order valence-corrected chi connectivity index (χ2v) is 4.14. The third kappa shape index (κ3) is 3.55. The molecular weight excluding hydrogens is 240 g/mol. The molecule has 0 atom stereocenters. The second-order valence-electron chi connectivity index (χ2n) is 4.14. The molecule has 19 heavy (non-hydrogen) atoms. The number of hydrogen-bond donors (Lipinski definition) is 0. The van der Waals surface area contributed by atoms with Crippen molar-refractivity contribution in [2.24, 2.45) is 0 Å². The summed E-state index contributed by atoms with van der Waals surface area (Å²) in [5, 5.41) is 0. The van der Waals surface area contributed by atoms with E-state index < -0.39 is 5.97 Å². The molecule has 0 aliphatic carbocycles. The van der Waals surface area contributed by atoms with Crippen molar-refractivity contribution in [3.8, 4) is 5.75 Å². The maximum atomic E-state index is 11.6. The molecule has 1 aromatic carbocycles. The molecule has 0 radical (unpaired) electrons. The van der Waals surface area contributed by atoms with Gasteiger partial charge in [-0.15, -0.1) is 0 Å². The van der Waals surface area contributed by atoms with Crippen molar-refractivity contribution in [2.45, 2.75) is 20.4 Å². The Morgan fingerprint density at radius 3 is 2.79 bits per heavy atom. The highest BCUT2D eigenvalue weighted by Gasteiger charge is 2.01. The molecule has 0 bridgehead atoms. The number of nitrogens with zero attached hydrogens (tertiary/aromatic N) is 2. The lowest BCUT2D eigenvalue weighted by Gasteiger charge is -2.01. The van der Waals surface area contributed by atoms with Gasteiger partial charge in [0.15, 0.2) is 0 Å². The lowest BCUT2D eigenvalue weighted by atomic mass is 10.2. The van der Waals surface area contributed by atoms with E-state index in [1.807, 2.05) is 36.7 Å². The van der Waals surface area contributed by atoms with Gasteiger partial charge in [0.1, 0.15) is 11.6 Å². The molecule has 0 N–H and O–H groups in total. The van der Waals surface area contributed by atoms with Crippen LogP contribution >= 0.6 is 0 Å². The van der Waals surface area contributed by atoms with Gasteiger partial charge < -0.3 is 9.30 Å². The molecular formula is C15H16N2O2. The highest BCUT2D eigenvalue weighted by atomic mass is 16.5. The van der Waals surface area contributed by atoms with Gasteiger partial charge in [0, 0.05) is 25.0 Å². The van der Waals surface area contributed by atoms with E-state index in [-0.39, 0.29) is 0 Å². The fourth-order valence-electron chi connectivity index (χ4n) is 1.65. The Morgan fingerprint density at radius 2 is 2.11 bits per heavy atom. The summed E-state index contributed by atoms with van der Waals surface area (Å²) in [6.07, 6.45) is 6.60. The van der Waals surface area contributed by atoms with Crippen LogP contribution in [0.2, 0.25) is 0 Å². The van der Waals surface area contributed by atoms with Gasteiger partial charge in [-0.05, 0) is 32.1 Å². The number of aryl methyl sites for hydroxylation is 2. The standard InChI is InChI=1S/C15H16N2O2/c1-3-17-11-10-16-14(17)8-9-15(18)19-13-6-4-12(2)5-7-13/h4-11H,3H2,1-2H3. The van der Waals surface area contributed by atoms with Gasteiger partial charge in [-0.2, -0.15) is 0 Å². The number of imidazole rings is 1. The first kappa shape index (κ1) is 13.1. The van der Waals surface area contributed by atoms with E-state index in [0.717, 1.165) is 17.9 Å². The van der Waals surface area contributed by atoms with Crippen LogP contribution < -0.4 is 4.74 Å². The van der Waals surface area contributed by atoms with E-state index >= 15 is 0 Å². The Hall–Kier alpha value is -2.36. The molecule has 0 aliphatic rings. The van der Waals surface area contributed by atoms with Crippen LogP contribution in [0.15, 0.2) is 42.7 Å². The zero-order valence-electron chi connectivity index (χ0n) is 11.0. The van der Waals surface area contributed by atoms with E-state index in [2.05, 4.69) is 4.98 Å². The van der Waals surface area contributed by atoms with Crippen LogP contribution in [-0.2, 0) is 11.3 Å². The minimum Gasteiger partial charge on any atom is -0.423 e. The van der Waals surface area contributed by atoms with Crippen molar-refractivity contribution >= 4 is 12.0 Å². The molecule has 0 amide bonds. The van der Waals surface area contributed by atoms with Gasteiger partial charge in [0.25, 0.3) is 0 Å². The summed E-state index contributed by atoms with van der Waals surface area (Å²) in [5.41, 5.74) is 1.13. The Labute approximate surface area is 112 Å². The molecule has 4 nitrogen and oxygen atoms in total. The summed E-state index contributed by atoms with van der Waals surface area (Å²) in [6.45, 7) is 4.81. The van der Waals surface area contributed by atoms with Gasteiger partial charge >= 0.3 is 5.97 Å². The average molecular weight is 256 g/mol. The molecule has 0 unspecified atom stereocenters. The number of hydrogen-bond acceptors (Lipinski definition) is 3. The first-order valence-electron chi connectivity index (χ1n) is 6.16. The summed E-state index contributed by atoms with van der Waals surface area (Å²) < 4.78 is 7.12. The predicted octanol–water partition coefficient (Wildman–Crippen LogP) is 2.83. The van der Waals surface area contributed by atoms with Crippen molar-refractivity contribution in [3.63, 3.8) is 0 Å². The lowest BCUT2D eigenvalue weighted by Crippen LogP contribution is -2.04. The SMILES string of the molecule is CCn1ccnc1C=CC(=O)Oc1ccc(C)cc1. The zero-order valence-corrected chi connectivity index (χ0v) is 11.0. The van der Waals surface area contributed by atoms with Crippen LogP contribution in [0.1, 0.15) is 18.3 Å². The van der Waals surface area contributed by atoms with Crippen molar-refractivity contribution in [1.29, 1.82) is 0 Å². The fourth-order valence-corrected chi connectivity index (χ4v) is 1.65. The molecule has 98 valence electrons. The summed E-state index contributed by atoms with van der Waals surface area (Å²) >= 11 is 0. The molecule has 4 heteroatoms. The van der Waals surface area contributed by atoms with Crippen LogP contribution in [0.25, 0.3) is 6.08 Å². The summed E-state index contributed by atoms with van der Waals surface area (Å²) in [6, 6.07) is 7.34. The topological polar surface area (TPSA) is 44.1 Å². The van der Waals surface area contributed by atoms with E-state index in [0.29, 0.717) is 5.75 Å². The van der Waals surface area contributed by atoms with Crippen LogP contribution in [-0.4, -0.2) is 15.5 Å². The molecule has 0 saturated heterocycles. The molecule has 0 aliphatic heterocycles. The minimum absolute atomic E-state index is 0.408. The predicted molar refractivity (Wildman–Crippen MR) is 73.7 cm³/mol. The highest BCUT2D eigenvalue weighted by Crippen LogP contribution is 2.12. The third-order valence-electron chi connectivity index (χ3n) is 2.70. The zero-order chi connectivity index (χ0) is 13.7. The van der Waals surface area contributed by atoms with E-state index in [1.54, 1.807) is 24.4 Å². The largest absolute Gasteiger partial charge is 0.423 e. The third-order valence-corrected chi connectivity index (χ3v) is 2.70. The van der Waals surface area contributed by atoms with Gasteiger partial charge in [-0.1, -0.05) is 17.7 Å². The van der Waals surface area contributed by atoms with Crippen LogP contribution in [0.5, 0.6) is 5.75 Å². The average Bonchev–Trinajstić information content (AvgIpc) is 2.86. The maximum absolute atomic E-state index is 11.6. The van der Waals surface area contributed by atoms with Crippen molar-refractivity contribution in [1.82, 2.24) is 9.55 Å². The number of esters is 1. The monoisotopic (exact) mass is 256 g/mol. The number of aromatic nitrogens is 2. The van der Waals surface area contributed by atoms with Gasteiger partial charge in [0.05, 0.1) is 0 Å². The Morgan fingerprint density at radius 1 is 1.37 bits per heavy atom. The molecule has 0 spiro atoms. The second kappa shape index (κ2) is 6.00. The number of benzene rings is 1. The van der Waals surface area contributed by atoms with Crippen molar-refractivity contribution in [3.05, 3.63) is 54.1 Å². The number of rotatable bonds is 4. The molecule has 0 saturated carbocycles. The van der Waals surface area contributed by atoms with Crippen molar-refractivity contribution < 1.29 is 9.53 Å². The fraction of sp³-hybridized carbons (Fsp3) is 0.200. The van der Waals surface area contributed by atoms with E-state index in [1.165, 1.54) is 6.08 Å². The number of carbonyl (C=O) groups is 1. The summed E-state index contributed by atoms with van der Waals surface area (Å²) in [4.78, 5) is 15.8. The first-order chi connectivity index (χ1) is 9.19. The van der Waals surface area contributed by atoms with Gasteiger partial charge in [-0.25, -0.2) is 9.78 Å². The van der Waals surface area contributed by atoms with Crippen LogP contribution in [0, 0.1) is 6.92 Å². The first-order valence-corrected chi connectivity index (χ1v) is 6.16. The van der Waals surface area contributed by atoms with E-state index in [4.69, 9.17) is 4.74 Å². The number of carbonyl (C=O) groups excluding carboxylic acids is 1. The highest BCUT2D eigenvalue weighted by molar-refractivity contribution is 5.88. The molecule has 2 aromatic rings. The molecule has 0 fully saturated rings. The molecule has 2 rings (SSSR count). The normalized spacial score (nSPS) is 10.8. The lowest BCUT2D eigenvalue weighted by molar-refractivity contribution is -0.128.